The Kier molecular flexibility index (Phi) is 6.47. The van der Waals surface area contributed by atoms with Crippen molar-refractivity contribution >= 4 is 31.2 Å². The van der Waals surface area contributed by atoms with Crippen LogP contribution in [-0.2, 0) is 9.32 Å². The monoisotopic (exact) mass is 372 g/mol. The fourth-order valence-electron chi connectivity index (χ4n) is 2.50. The molecule has 24 heavy (non-hydrogen) atoms. The molecule has 0 aliphatic carbocycles. The van der Waals surface area contributed by atoms with E-state index in [0.717, 1.165) is 0 Å². The van der Waals surface area contributed by atoms with Crippen molar-refractivity contribution in [3.63, 3.8) is 0 Å². The SMILES string of the molecule is CCN[P+]1([O-])OC(C)=C(CCCCl)C(=O)N1c1ccc(OC)cc1. The molecule has 0 saturated carbocycles. The summed E-state index contributed by atoms with van der Waals surface area (Å²) in [4.78, 5) is 26.2. The normalized spacial score (nSPS) is 21.0. The third kappa shape index (κ3) is 3.83. The summed E-state index contributed by atoms with van der Waals surface area (Å²) < 4.78 is 12.0. The van der Waals surface area contributed by atoms with Gasteiger partial charge in [0.2, 0.25) is 0 Å². The maximum absolute atomic E-state index is 13.2. The van der Waals surface area contributed by atoms with Crippen LogP contribution in [0, 0.1) is 0 Å². The smallest absolute Gasteiger partial charge is 0.330 e. The van der Waals surface area contributed by atoms with Gasteiger partial charge in [0.15, 0.2) is 5.76 Å². The van der Waals surface area contributed by atoms with Gasteiger partial charge in [-0.2, -0.15) is 0 Å². The number of amides is 1. The summed E-state index contributed by atoms with van der Waals surface area (Å²) in [5, 5.41) is 2.82. The van der Waals surface area contributed by atoms with E-state index in [4.69, 9.17) is 20.9 Å². The van der Waals surface area contributed by atoms with Crippen molar-refractivity contribution in [2.24, 2.45) is 0 Å². The third-order valence-corrected chi connectivity index (χ3v) is 6.08. The fraction of sp³-hybridized carbons (Fsp3) is 0.438. The molecule has 1 unspecified atom stereocenters. The number of hydrogen-bond acceptors (Lipinski definition) is 5. The van der Waals surface area contributed by atoms with Crippen LogP contribution in [0.2, 0.25) is 0 Å². The molecule has 1 heterocycles. The molecule has 8 heteroatoms. The Bertz CT molecular complexity index is 623. The van der Waals surface area contributed by atoms with Crippen molar-refractivity contribution in [2.45, 2.75) is 26.7 Å². The third-order valence-electron chi connectivity index (χ3n) is 3.63. The highest BCUT2D eigenvalue weighted by molar-refractivity contribution is 7.65. The summed E-state index contributed by atoms with van der Waals surface area (Å²) in [6.07, 6.45) is 1.12. The Hall–Kier alpha value is -1.33. The standard InChI is InChI=1S/C16H22ClN2O4P/c1-4-18-24(21)19(13-7-9-14(22-3)10-8-13)16(20)15(6-5-11-17)12(2)23-24/h7-10H,4-6,11H2,1-3H3,(H,18,21). The summed E-state index contributed by atoms with van der Waals surface area (Å²) in [6.45, 7) is 3.88. The van der Waals surface area contributed by atoms with Crippen molar-refractivity contribution in [3.05, 3.63) is 35.6 Å². The van der Waals surface area contributed by atoms with E-state index in [9.17, 15) is 9.69 Å². The molecular formula is C16H22ClN2O4P. The molecule has 1 aromatic rings. The number of carbonyl (C=O) groups is 1. The molecule has 1 aromatic carbocycles. The molecule has 132 valence electrons. The maximum atomic E-state index is 13.2. The molecule has 1 N–H and O–H groups in total. The lowest BCUT2D eigenvalue weighted by Crippen LogP contribution is -2.47. The van der Waals surface area contributed by atoms with Gasteiger partial charge in [-0.25, -0.2) is 0 Å². The van der Waals surface area contributed by atoms with Crippen LogP contribution in [0.3, 0.4) is 0 Å². The molecule has 2 rings (SSSR count). The van der Waals surface area contributed by atoms with Gasteiger partial charge in [0.05, 0.1) is 18.4 Å². The quantitative estimate of drug-likeness (QED) is 0.588. The molecule has 0 saturated heterocycles. The molecule has 1 atom stereocenters. The number of nitrogens with one attached hydrogen (secondary N) is 1. The Labute approximate surface area is 148 Å². The molecule has 1 aliphatic rings. The molecule has 0 bridgehead atoms. The summed E-state index contributed by atoms with van der Waals surface area (Å²) in [7, 11) is -1.99. The predicted molar refractivity (Wildman–Crippen MR) is 94.8 cm³/mol. The Balaban J connectivity index is 2.44. The topological polar surface area (TPSA) is 73.9 Å². The first-order chi connectivity index (χ1) is 11.5. The number of methoxy groups -OCH3 is 1. The van der Waals surface area contributed by atoms with Crippen LogP contribution < -0.4 is 19.4 Å². The second kappa shape index (κ2) is 8.17. The van der Waals surface area contributed by atoms with Gasteiger partial charge >= 0.3 is 8.02 Å². The van der Waals surface area contributed by atoms with Crippen LogP contribution in [0.1, 0.15) is 26.7 Å². The minimum absolute atomic E-state index is 0.321. The number of nitrogens with zero attached hydrogens (tertiary/aromatic N) is 1. The number of allylic oxidation sites excluding steroid dienone is 1. The van der Waals surface area contributed by atoms with Crippen LogP contribution >= 0.6 is 19.6 Å². The van der Waals surface area contributed by atoms with Crippen molar-refractivity contribution < 1.29 is 18.9 Å². The lowest BCUT2D eigenvalue weighted by Gasteiger charge is -2.40. The first kappa shape index (κ1) is 19.0. The van der Waals surface area contributed by atoms with E-state index in [-0.39, 0.29) is 5.91 Å². The molecule has 1 amide bonds. The zero-order valence-electron chi connectivity index (χ0n) is 14.0. The van der Waals surface area contributed by atoms with Crippen molar-refractivity contribution in [3.8, 4) is 5.75 Å². The van der Waals surface area contributed by atoms with Crippen LogP contribution in [0.25, 0.3) is 0 Å². The number of carbonyl (C=O) groups excluding carboxylic acids is 1. The van der Waals surface area contributed by atoms with Crippen LogP contribution in [0.4, 0.5) is 5.69 Å². The Morgan fingerprint density at radius 3 is 2.58 bits per heavy atom. The fourth-order valence-corrected chi connectivity index (χ4v) is 4.60. The predicted octanol–water partition coefficient (Wildman–Crippen LogP) is 3.00. The van der Waals surface area contributed by atoms with E-state index < -0.39 is 8.02 Å². The van der Waals surface area contributed by atoms with E-state index in [1.165, 1.54) is 4.67 Å². The van der Waals surface area contributed by atoms with Gasteiger partial charge < -0.3 is 14.2 Å². The van der Waals surface area contributed by atoms with E-state index in [1.54, 1.807) is 38.3 Å². The molecule has 0 radical (unpaired) electrons. The maximum Gasteiger partial charge on any atom is 0.330 e. The molecule has 0 spiro atoms. The van der Waals surface area contributed by atoms with Crippen LogP contribution in [0.5, 0.6) is 5.75 Å². The largest absolute Gasteiger partial charge is 0.614 e. The van der Waals surface area contributed by atoms with Gasteiger partial charge in [-0.1, -0.05) is 0 Å². The minimum Gasteiger partial charge on any atom is -0.614 e. The molecular weight excluding hydrogens is 351 g/mol. The second-order valence-electron chi connectivity index (χ2n) is 5.27. The Morgan fingerprint density at radius 2 is 2.04 bits per heavy atom. The average molecular weight is 373 g/mol. The van der Waals surface area contributed by atoms with Crippen molar-refractivity contribution in [1.29, 1.82) is 0 Å². The van der Waals surface area contributed by atoms with E-state index in [2.05, 4.69) is 5.09 Å². The summed E-state index contributed by atoms with van der Waals surface area (Å²) >= 11 is 5.74. The first-order valence-corrected chi connectivity index (χ1v) is 9.87. The first-order valence-electron chi connectivity index (χ1n) is 7.76. The number of rotatable bonds is 7. The highest BCUT2D eigenvalue weighted by Gasteiger charge is 2.48. The molecule has 6 nitrogen and oxygen atoms in total. The van der Waals surface area contributed by atoms with Crippen molar-refractivity contribution in [1.82, 2.24) is 5.09 Å². The zero-order valence-corrected chi connectivity index (χ0v) is 15.7. The average Bonchev–Trinajstić information content (AvgIpc) is 2.55. The highest BCUT2D eigenvalue weighted by atomic mass is 35.5. The van der Waals surface area contributed by atoms with Gasteiger partial charge in [-0.15, -0.1) is 21.4 Å². The lowest BCUT2D eigenvalue weighted by molar-refractivity contribution is -0.195. The van der Waals surface area contributed by atoms with Gasteiger partial charge in [0.1, 0.15) is 5.75 Å². The summed E-state index contributed by atoms with van der Waals surface area (Å²) in [6, 6.07) is 6.79. The molecule has 0 aromatic heterocycles. The number of halogens is 1. The zero-order chi connectivity index (χ0) is 17.7. The number of alkyl halides is 1. The van der Waals surface area contributed by atoms with E-state index in [1.807, 2.05) is 6.92 Å². The number of ether oxygens (including phenoxy) is 1. The highest BCUT2D eigenvalue weighted by Crippen LogP contribution is 2.58. The number of hydrogen-bond donors (Lipinski definition) is 1. The van der Waals surface area contributed by atoms with Gasteiger partial charge in [0.25, 0.3) is 5.91 Å². The summed E-state index contributed by atoms with van der Waals surface area (Å²) in [5.74, 6) is 1.16. The summed E-state index contributed by atoms with van der Waals surface area (Å²) in [5.41, 5.74) is 0.983. The minimum atomic E-state index is -3.55. The molecule has 1 aliphatic heterocycles. The Morgan fingerprint density at radius 1 is 1.38 bits per heavy atom. The van der Waals surface area contributed by atoms with Crippen molar-refractivity contribution in [2.75, 3.05) is 24.2 Å². The number of benzene rings is 1. The van der Waals surface area contributed by atoms with E-state index in [0.29, 0.717) is 48.0 Å². The molecule has 0 fully saturated rings. The second-order valence-corrected chi connectivity index (χ2v) is 7.58. The lowest BCUT2D eigenvalue weighted by atomic mass is 10.1. The van der Waals surface area contributed by atoms with Crippen LogP contribution in [0.15, 0.2) is 35.6 Å². The van der Waals surface area contributed by atoms with E-state index >= 15 is 0 Å². The van der Waals surface area contributed by atoms with Gasteiger partial charge in [-0.05, 0) is 51.0 Å². The van der Waals surface area contributed by atoms with Gasteiger partial charge in [-0.3, -0.25) is 4.79 Å². The van der Waals surface area contributed by atoms with Crippen LogP contribution in [-0.4, -0.2) is 25.4 Å². The van der Waals surface area contributed by atoms with Gasteiger partial charge in [0, 0.05) is 12.4 Å². The number of anilines is 1.